The summed E-state index contributed by atoms with van der Waals surface area (Å²) < 4.78 is 16.6. The number of unbranched alkanes of at least 4 members (excludes halogenated alkanes) is 18. The van der Waals surface area contributed by atoms with E-state index in [1.165, 1.54) is 70.6 Å². The van der Waals surface area contributed by atoms with Crippen LogP contribution in [0.3, 0.4) is 0 Å². The largest absolute Gasteiger partial charge is 0.462 e. The third kappa shape index (κ3) is 40.3. The molecule has 0 aromatic heterocycles. The SMILES string of the molecule is CC/C=C\C/C=C\C/C=C\C/C=C\C/C=C\CCCCCC(=O)OCC(COC(=O)CCCCCCCCC)OC(=O)CCCCCCCCCCCC. The predicted molar refractivity (Wildman–Crippen MR) is 228 cm³/mol. The number of hydrogen-bond donors (Lipinski definition) is 0. The quantitative estimate of drug-likeness (QED) is 0.0269. The Bertz CT molecular complexity index is 1010. The minimum atomic E-state index is -0.780. The van der Waals surface area contributed by atoms with Gasteiger partial charge in [0.05, 0.1) is 0 Å². The molecule has 54 heavy (non-hydrogen) atoms. The molecule has 310 valence electrons. The molecule has 0 radical (unpaired) electrons. The van der Waals surface area contributed by atoms with E-state index in [1.807, 2.05) is 0 Å². The van der Waals surface area contributed by atoms with Gasteiger partial charge in [-0.05, 0) is 64.2 Å². The summed E-state index contributed by atoms with van der Waals surface area (Å²) in [5.74, 6) is -0.929. The molecule has 0 saturated heterocycles. The lowest BCUT2D eigenvalue weighted by molar-refractivity contribution is -0.167. The first kappa shape index (κ1) is 51.1. The van der Waals surface area contributed by atoms with Gasteiger partial charge in [0.25, 0.3) is 0 Å². The van der Waals surface area contributed by atoms with E-state index < -0.39 is 6.10 Å². The van der Waals surface area contributed by atoms with Crippen LogP contribution in [0.1, 0.15) is 207 Å². The molecule has 0 spiro atoms. The van der Waals surface area contributed by atoms with E-state index in [2.05, 4.69) is 81.5 Å². The summed E-state index contributed by atoms with van der Waals surface area (Å²) in [5, 5.41) is 0. The van der Waals surface area contributed by atoms with Crippen molar-refractivity contribution in [2.45, 2.75) is 213 Å². The lowest BCUT2D eigenvalue weighted by Gasteiger charge is -2.18. The standard InChI is InChI=1S/C48H82O6/c1-4-7-10-13-16-18-20-21-22-23-24-25-26-27-28-30-32-35-38-41-47(50)53-44-45(43-52-46(49)40-37-34-31-15-12-9-6-3)54-48(51)42-39-36-33-29-19-17-14-11-8-5-2/h7,10,16,18,21-22,24-25,27-28,45H,4-6,8-9,11-15,17,19-20,23,26,29-44H2,1-3H3/b10-7-,18-16-,22-21-,25-24-,28-27-. The van der Waals surface area contributed by atoms with Crippen LogP contribution >= 0.6 is 0 Å². The maximum atomic E-state index is 12.6. The van der Waals surface area contributed by atoms with Gasteiger partial charge in [0.1, 0.15) is 13.2 Å². The average Bonchev–Trinajstić information content (AvgIpc) is 3.17. The highest BCUT2D eigenvalue weighted by Crippen LogP contribution is 2.13. The zero-order valence-electron chi connectivity index (χ0n) is 35.2. The van der Waals surface area contributed by atoms with Crippen molar-refractivity contribution < 1.29 is 28.6 Å². The Kier molecular flexibility index (Phi) is 40.6. The van der Waals surface area contributed by atoms with Crippen LogP contribution < -0.4 is 0 Å². The van der Waals surface area contributed by atoms with Crippen molar-refractivity contribution in [2.75, 3.05) is 13.2 Å². The molecule has 6 heteroatoms. The molecule has 1 atom stereocenters. The molecule has 0 fully saturated rings. The number of carbonyl (C=O) groups is 3. The van der Waals surface area contributed by atoms with Crippen molar-refractivity contribution in [3.63, 3.8) is 0 Å². The van der Waals surface area contributed by atoms with Gasteiger partial charge in [-0.15, -0.1) is 0 Å². The summed E-state index contributed by atoms with van der Waals surface area (Å²) in [6.45, 7) is 6.42. The topological polar surface area (TPSA) is 78.9 Å². The van der Waals surface area contributed by atoms with Crippen molar-refractivity contribution in [3.8, 4) is 0 Å². The maximum Gasteiger partial charge on any atom is 0.306 e. The van der Waals surface area contributed by atoms with Gasteiger partial charge >= 0.3 is 17.9 Å². The fourth-order valence-corrected chi connectivity index (χ4v) is 5.94. The first-order valence-electron chi connectivity index (χ1n) is 22.3. The van der Waals surface area contributed by atoms with Crippen molar-refractivity contribution in [2.24, 2.45) is 0 Å². The fraction of sp³-hybridized carbons (Fsp3) is 0.729. The van der Waals surface area contributed by atoms with Crippen molar-refractivity contribution >= 4 is 17.9 Å². The molecular formula is C48H82O6. The molecule has 0 saturated carbocycles. The Hall–Kier alpha value is -2.89. The third-order valence-corrected chi connectivity index (χ3v) is 9.29. The van der Waals surface area contributed by atoms with E-state index in [-0.39, 0.29) is 31.1 Å². The Morgan fingerprint density at radius 2 is 0.722 bits per heavy atom. The molecular weight excluding hydrogens is 673 g/mol. The van der Waals surface area contributed by atoms with Gasteiger partial charge in [-0.2, -0.15) is 0 Å². The summed E-state index contributed by atoms with van der Waals surface area (Å²) in [5.41, 5.74) is 0. The van der Waals surface area contributed by atoms with Crippen LogP contribution in [0.25, 0.3) is 0 Å². The van der Waals surface area contributed by atoms with Crippen LogP contribution in [0.5, 0.6) is 0 Å². The van der Waals surface area contributed by atoms with Gasteiger partial charge in [-0.3, -0.25) is 14.4 Å². The van der Waals surface area contributed by atoms with Gasteiger partial charge in [-0.25, -0.2) is 0 Å². The van der Waals surface area contributed by atoms with E-state index in [1.54, 1.807) is 0 Å². The zero-order chi connectivity index (χ0) is 39.4. The van der Waals surface area contributed by atoms with Crippen LogP contribution in [0.15, 0.2) is 60.8 Å². The Balaban J connectivity index is 4.33. The summed E-state index contributed by atoms with van der Waals surface area (Å²) in [4.78, 5) is 37.5. The average molecular weight is 755 g/mol. The molecule has 0 amide bonds. The van der Waals surface area contributed by atoms with Crippen LogP contribution in [0.2, 0.25) is 0 Å². The fourth-order valence-electron chi connectivity index (χ4n) is 5.94. The van der Waals surface area contributed by atoms with E-state index >= 15 is 0 Å². The number of allylic oxidation sites excluding steroid dienone is 10. The molecule has 0 heterocycles. The monoisotopic (exact) mass is 755 g/mol. The van der Waals surface area contributed by atoms with Crippen molar-refractivity contribution in [3.05, 3.63) is 60.8 Å². The molecule has 0 rings (SSSR count). The normalized spacial score (nSPS) is 12.6. The predicted octanol–water partition coefficient (Wildman–Crippen LogP) is 14.1. The van der Waals surface area contributed by atoms with Crippen molar-refractivity contribution in [1.82, 2.24) is 0 Å². The van der Waals surface area contributed by atoms with E-state index in [0.717, 1.165) is 96.3 Å². The maximum absolute atomic E-state index is 12.6. The molecule has 6 nitrogen and oxygen atoms in total. The minimum Gasteiger partial charge on any atom is -0.462 e. The zero-order valence-corrected chi connectivity index (χ0v) is 35.2. The third-order valence-electron chi connectivity index (χ3n) is 9.29. The molecule has 1 unspecified atom stereocenters. The van der Waals surface area contributed by atoms with Gasteiger partial charge in [0.15, 0.2) is 6.10 Å². The van der Waals surface area contributed by atoms with E-state index in [9.17, 15) is 14.4 Å². The number of rotatable bonds is 39. The van der Waals surface area contributed by atoms with Gasteiger partial charge < -0.3 is 14.2 Å². The summed E-state index contributed by atoms with van der Waals surface area (Å²) in [6.07, 6.45) is 50.7. The second-order valence-corrected chi connectivity index (χ2v) is 14.6. The summed E-state index contributed by atoms with van der Waals surface area (Å²) >= 11 is 0. The molecule has 0 aliphatic carbocycles. The van der Waals surface area contributed by atoms with Crippen LogP contribution in [-0.4, -0.2) is 37.2 Å². The van der Waals surface area contributed by atoms with E-state index in [4.69, 9.17) is 14.2 Å². The van der Waals surface area contributed by atoms with Gasteiger partial charge in [0, 0.05) is 19.3 Å². The second kappa shape index (κ2) is 42.8. The molecule has 0 N–H and O–H groups in total. The Labute approximate surface area is 332 Å². The molecule has 0 bridgehead atoms. The van der Waals surface area contributed by atoms with Crippen molar-refractivity contribution in [1.29, 1.82) is 0 Å². The summed E-state index contributed by atoms with van der Waals surface area (Å²) in [7, 11) is 0. The second-order valence-electron chi connectivity index (χ2n) is 14.6. The smallest absolute Gasteiger partial charge is 0.306 e. The Morgan fingerprint density at radius 1 is 0.389 bits per heavy atom. The van der Waals surface area contributed by atoms with Crippen LogP contribution in [0, 0.1) is 0 Å². The first-order valence-corrected chi connectivity index (χ1v) is 22.3. The molecule has 0 aromatic rings. The molecule has 0 aliphatic heterocycles. The first-order chi connectivity index (χ1) is 26.5. The minimum absolute atomic E-state index is 0.0837. The van der Waals surface area contributed by atoms with Crippen LogP contribution in [0.4, 0.5) is 0 Å². The highest BCUT2D eigenvalue weighted by atomic mass is 16.6. The van der Waals surface area contributed by atoms with E-state index in [0.29, 0.717) is 19.3 Å². The number of ether oxygens (including phenoxy) is 3. The highest BCUT2D eigenvalue weighted by Gasteiger charge is 2.19. The van der Waals surface area contributed by atoms with Gasteiger partial charge in [-0.1, -0.05) is 184 Å². The van der Waals surface area contributed by atoms with Gasteiger partial charge in [0.2, 0.25) is 0 Å². The lowest BCUT2D eigenvalue weighted by atomic mass is 10.1. The number of hydrogen-bond acceptors (Lipinski definition) is 6. The molecule has 0 aromatic carbocycles. The number of carbonyl (C=O) groups excluding carboxylic acids is 3. The summed E-state index contributed by atoms with van der Waals surface area (Å²) in [6, 6.07) is 0. The Morgan fingerprint density at radius 3 is 1.13 bits per heavy atom. The molecule has 0 aliphatic rings. The highest BCUT2D eigenvalue weighted by molar-refractivity contribution is 5.71. The van der Waals surface area contributed by atoms with Crippen LogP contribution in [-0.2, 0) is 28.6 Å². The number of esters is 3. The lowest BCUT2D eigenvalue weighted by Crippen LogP contribution is -2.30.